The lowest BCUT2D eigenvalue weighted by atomic mass is 10.1. The Kier molecular flexibility index (Phi) is 44.7. The van der Waals surface area contributed by atoms with Gasteiger partial charge in [-0.15, -0.1) is 0 Å². The smallest absolute Gasteiger partial charge is 0.0701 e. The van der Waals surface area contributed by atoms with Gasteiger partial charge in [0, 0.05) is 13.2 Å². The van der Waals surface area contributed by atoms with Gasteiger partial charge >= 0.3 is 0 Å². The second-order valence-corrected chi connectivity index (χ2v) is 12.2. The van der Waals surface area contributed by atoms with Crippen LogP contribution < -0.4 is 0 Å². The zero-order valence-electron chi connectivity index (χ0n) is 29.1. The summed E-state index contributed by atoms with van der Waals surface area (Å²) in [4.78, 5) is 0. The summed E-state index contributed by atoms with van der Waals surface area (Å²) in [5, 5.41) is 0. The number of hydrogen-bond acceptors (Lipinski definition) is 9. The molecule has 0 N–H and O–H groups in total. The number of hydrogen-bond donors (Lipinski definition) is 0. The van der Waals surface area contributed by atoms with E-state index in [0.717, 1.165) is 26.1 Å². The second-order valence-electron chi connectivity index (χ2n) is 11.2. The fourth-order valence-corrected chi connectivity index (χ4v) is 4.92. The molecule has 0 bridgehead atoms. The Bertz CT molecular complexity index is 464. The average molecular weight is 763 g/mol. The largest absolute Gasteiger partial charge is 0.379 e. The summed E-state index contributed by atoms with van der Waals surface area (Å²) in [5.41, 5.74) is 0. The van der Waals surface area contributed by atoms with Crippen LogP contribution >= 0.6 is 22.6 Å². The van der Waals surface area contributed by atoms with Gasteiger partial charge in [0.2, 0.25) is 0 Å². The van der Waals surface area contributed by atoms with Crippen molar-refractivity contribution in [2.24, 2.45) is 0 Å². The fourth-order valence-electron chi connectivity index (χ4n) is 4.38. The molecule has 0 aromatic carbocycles. The third kappa shape index (κ3) is 44.4. The van der Waals surface area contributed by atoms with Crippen molar-refractivity contribution in [3.63, 3.8) is 0 Å². The molecular weight excluding hydrogens is 691 g/mol. The van der Waals surface area contributed by atoms with E-state index in [1.165, 1.54) is 87.9 Å². The molecule has 0 radical (unpaired) electrons. The zero-order chi connectivity index (χ0) is 32.4. The maximum atomic E-state index is 5.66. The van der Waals surface area contributed by atoms with Gasteiger partial charge < -0.3 is 42.6 Å². The van der Waals surface area contributed by atoms with Crippen molar-refractivity contribution in [2.75, 3.05) is 123 Å². The van der Waals surface area contributed by atoms with E-state index >= 15 is 0 Å². The van der Waals surface area contributed by atoms with E-state index in [4.69, 9.17) is 42.6 Å². The van der Waals surface area contributed by atoms with E-state index < -0.39 is 0 Å². The monoisotopic (exact) mass is 762 g/mol. The van der Waals surface area contributed by atoms with Gasteiger partial charge in [0.15, 0.2) is 0 Å². The minimum absolute atomic E-state index is 0.543. The van der Waals surface area contributed by atoms with Crippen molar-refractivity contribution in [1.29, 1.82) is 0 Å². The van der Waals surface area contributed by atoms with Crippen molar-refractivity contribution in [3.8, 4) is 0 Å². The van der Waals surface area contributed by atoms with Gasteiger partial charge in [0.05, 0.1) is 106 Å². The summed E-state index contributed by atoms with van der Waals surface area (Å²) in [6.45, 7) is 13.2. The van der Waals surface area contributed by atoms with Crippen molar-refractivity contribution in [3.05, 3.63) is 0 Å². The number of halogens is 1. The first-order valence-electron chi connectivity index (χ1n) is 18.2. The van der Waals surface area contributed by atoms with Gasteiger partial charge in [0.1, 0.15) is 0 Å². The Morgan fingerprint density at radius 1 is 0.244 bits per heavy atom. The van der Waals surface area contributed by atoms with Crippen molar-refractivity contribution in [1.82, 2.24) is 0 Å². The van der Waals surface area contributed by atoms with Crippen LogP contribution in [-0.2, 0) is 42.6 Å². The summed E-state index contributed by atoms with van der Waals surface area (Å²) in [7, 11) is 0. The second kappa shape index (κ2) is 44.4. The lowest BCUT2D eigenvalue weighted by Gasteiger charge is -2.09. The summed E-state index contributed by atoms with van der Waals surface area (Å²) in [6, 6.07) is 0. The van der Waals surface area contributed by atoms with E-state index in [1.54, 1.807) is 0 Å². The first-order chi connectivity index (χ1) is 22.4. The fraction of sp³-hybridized carbons (Fsp3) is 1.00. The quantitative estimate of drug-likeness (QED) is 0.0358. The molecule has 0 aliphatic heterocycles. The van der Waals surface area contributed by atoms with E-state index in [-0.39, 0.29) is 0 Å². The van der Waals surface area contributed by atoms with E-state index in [2.05, 4.69) is 29.5 Å². The Hall–Kier alpha value is 0.370. The van der Waals surface area contributed by atoms with Crippen LogP contribution in [0.5, 0.6) is 0 Å². The highest BCUT2D eigenvalue weighted by Crippen LogP contribution is 2.11. The minimum atomic E-state index is 0.543. The minimum Gasteiger partial charge on any atom is -0.379 e. The lowest BCUT2D eigenvalue weighted by molar-refractivity contribution is -0.0250. The molecule has 0 unspecified atom stereocenters. The third-order valence-corrected chi connectivity index (χ3v) is 7.80. The molecule has 0 aliphatic carbocycles. The molecule has 0 spiro atoms. The van der Waals surface area contributed by atoms with Gasteiger partial charge in [0.25, 0.3) is 0 Å². The number of rotatable bonds is 42. The summed E-state index contributed by atoms with van der Waals surface area (Å²) >= 11 is 2.43. The molecular formula is C35H71IO9. The van der Waals surface area contributed by atoms with Gasteiger partial charge in [-0.2, -0.15) is 0 Å². The van der Waals surface area contributed by atoms with Gasteiger partial charge in [-0.05, 0) is 23.7 Å². The highest BCUT2D eigenvalue weighted by molar-refractivity contribution is 14.1. The third-order valence-electron chi connectivity index (χ3n) is 7.04. The highest BCUT2D eigenvalue weighted by Gasteiger charge is 1.97. The predicted octanol–water partition coefficient (Wildman–Crippen LogP) is 7.44. The summed E-state index contributed by atoms with van der Waals surface area (Å²) < 4.78 is 51.1. The molecule has 0 aromatic heterocycles. The van der Waals surface area contributed by atoms with Crippen LogP contribution in [0.2, 0.25) is 0 Å². The molecule has 0 saturated heterocycles. The first kappa shape index (κ1) is 45.4. The van der Waals surface area contributed by atoms with E-state index in [0.29, 0.717) is 106 Å². The Morgan fingerprint density at radius 2 is 0.444 bits per heavy atom. The maximum absolute atomic E-state index is 5.66. The Balaban J connectivity index is 3.03. The molecule has 0 atom stereocenters. The van der Waals surface area contributed by atoms with Gasteiger partial charge in [-0.1, -0.05) is 107 Å². The lowest BCUT2D eigenvalue weighted by Crippen LogP contribution is -2.15. The number of ether oxygens (including phenoxy) is 9. The average Bonchev–Trinajstić information content (AvgIpc) is 3.05. The molecule has 10 heteroatoms. The van der Waals surface area contributed by atoms with E-state index in [9.17, 15) is 0 Å². The molecule has 0 fully saturated rings. The van der Waals surface area contributed by atoms with E-state index in [1.807, 2.05) is 0 Å². The van der Waals surface area contributed by atoms with Crippen molar-refractivity contribution < 1.29 is 42.6 Å². The predicted molar refractivity (Wildman–Crippen MR) is 191 cm³/mol. The van der Waals surface area contributed by atoms with Crippen LogP contribution in [0.25, 0.3) is 0 Å². The number of alkyl halides is 1. The molecule has 9 nitrogen and oxygen atoms in total. The molecule has 272 valence electrons. The van der Waals surface area contributed by atoms with Crippen LogP contribution in [-0.4, -0.2) is 123 Å². The molecule has 0 amide bonds. The van der Waals surface area contributed by atoms with Crippen LogP contribution in [0.1, 0.15) is 103 Å². The molecule has 0 rings (SSSR count). The van der Waals surface area contributed by atoms with Crippen LogP contribution in [0.3, 0.4) is 0 Å². The summed E-state index contributed by atoms with van der Waals surface area (Å²) in [5.74, 6) is 0. The standard InChI is InChI=1S/C35H71IO9/c1-2-3-4-5-6-7-8-9-10-12-15-18-37-20-22-39-24-26-41-28-30-43-32-34-45-35-33-44-31-29-42-27-25-40-23-21-38-19-16-13-11-14-17-36/h2-35H2,1H3. The molecule has 0 saturated carbocycles. The molecule has 45 heavy (non-hydrogen) atoms. The molecule has 0 heterocycles. The van der Waals surface area contributed by atoms with Crippen molar-refractivity contribution >= 4 is 22.6 Å². The number of unbranched alkanes of at least 4 members (excludes halogenated alkanes) is 13. The van der Waals surface area contributed by atoms with Crippen molar-refractivity contribution in [2.45, 2.75) is 103 Å². The SMILES string of the molecule is CCCCCCCCCCCCCOCCOCCOCCOCCOCCOCCOCCOCCOCCCCCCI. The maximum Gasteiger partial charge on any atom is 0.0701 e. The first-order valence-corrected chi connectivity index (χ1v) is 19.7. The van der Waals surface area contributed by atoms with Gasteiger partial charge in [-0.3, -0.25) is 0 Å². The topological polar surface area (TPSA) is 83.1 Å². The normalized spacial score (nSPS) is 11.6. The summed E-state index contributed by atoms with van der Waals surface area (Å²) in [6.07, 6.45) is 19.9. The zero-order valence-corrected chi connectivity index (χ0v) is 31.3. The van der Waals surface area contributed by atoms with Gasteiger partial charge in [-0.25, -0.2) is 0 Å². The van der Waals surface area contributed by atoms with Crippen LogP contribution in [0.15, 0.2) is 0 Å². The molecule has 0 aromatic rings. The highest BCUT2D eigenvalue weighted by atomic mass is 127. The van der Waals surface area contributed by atoms with Crippen LogP contribution in [0.4, 0.5) is 0 Å². The Labute approximate surface area is 290 Å². The molecule has 0 aliphatic rings. The van der Waals surface area contributed by atoms with Crippen LogP contribution in [0, 0.1) is 0 Å². The Morgan fingerprint density at radius 3 is 0.689 bits per heavy atom.